The zero-order valence-electron chi connectivity index (χ0n) is 12.0. The van der Waals surface area contributed by atoms with Gasteiger partial charge in [0.25, 0.3) is 5.91 Å². The fraction of sp³-hybridized carbons (Fsp3) is 0.267. The Labute approximate surface area is 135 Å². The van der Waals surface area contributed by atoms with Gasteiger partial charge in [-0.05, 0) is 42.3 Å². The third-order valence-electron chi connectivity index (χ3n) is 3.17. The molecule has 0 aliphatic heterocycles. The lowest BCUT2D eigenvalue weighted by Gasteiger charge is -2.20. The molecule has 3 nitrogen and oxygen atoms in total. The zero-order valence-corrected chi connectivity index (χ0v) is 13.6. The number of nitrogens with one attached hydrogen (secondary N) is 1. The van der Waals surface area contributed by atoms with E-state index in [1.165, 1.54) is 29.2 Å². The monoisotopic (exact) mass is 343 g/mol. The Hall–Kier alpha value is -1.44. The molecule has 2 N–H and O–H groups in total. The van der Waals surface area contributed by atoms with Crippen molar-refractivity contribution in [1.82, 2.24) is 5.32 Å². The summed E-state index contributed by atoms with van der Waals surface area (Å²) >= 11 is 2.77. The van der Waals surface area contributed by atoms with Crippen LogP contribution in [0.3, 0.4) is 0 Å². The number of amides is 1. The molecule has 2 unspecified atom stereocenters. The van der Waals surface area contributed by atoms with Crippen molar-refractivity contribution in [2.24, 2.45) is 0 Å². The second-order valence-electron chi connectivity index (χ2n) is 4.70. The minimum absolute atomic E-state index is 0.211. The predicted octanol–water partition coefficient (Wildman–Crippen LogP) is 3.60. The fourth-order valence-corrected chi connectivity index (χ4v) is 3.61. The van der Waals surface area contributed by atoms with Gasteiger partial charge in [-0.2, -0.15) is 0 Å². The van der Waals surface area contributed by atoms with Crippen molar-refractivity contribution in [3.63, 3.8) is 0 Å². The van der Waals surface area contributed by atoms with Crippen LogP contribution in [0.15, 0.2) is 34.5 Å². The van der Waals surface area contributed by atoms with E-state index < -0.39 is 23.8 Å². The molecule has 0 radical (unpaired) electrons. The molecule has 2 atom stereocenters. The standard InChI is InChI=1S/C15H15F2NO2S2/c1-8(13(19)9-3-4-10(16)11(17)7-9)18-15(20)14-12(21-2)5-6-22-14/h3-8,13,19H,1-2H3,(H,18,20). The number of carbonyl (C=O) groups is 1. The molecular weight excluding hydrogens is 328 g/mol. The maximum absolute atomic E-state index is 13.2. The number of rotatable bonds is 5. The van der Waals surface area contributed by atoms with E-state index in [-0.39, 0.29) is 11.5 Å². The minimum atomic E-state index is -1.13. The van der Waals surface area contributed by atoms with Crippen molar-refractivity contribution in [3.8, 4) is 0 Å². The summed E-state index contributed by atoms with van der Waals surface area (Å²) < 4.78 is 26.1. The molecule has 22 heavy (non-hydrogen) atoms. The molecule has 2 rings (SSSR count). The van der Waals surface area contributed by atoms with Crippen molar-refractivity contribution in [3.05, 3.63) is 51.7 Å². The van der Waals surface area contributed by atoms with Gasteiger partial charge in [-0.25, -0.2) is 8.78 Å². The predicted molar refractivity (Wildman–Crippen MR) is 84.3 cm³/mol. The molecule has 1 aromatic carbocycles. The average molecular weight is 343 g/mol. The summed E-state index contributed by atoms with van der Waals surface area (Å²) in [5.74, 6) is -2.30. The van der Waals surface area contributed by atoms with E-state index >= 15 is 0 Å². The SMILES string of the molecule is CSc1ccsc1C(=O)NC(C)C(O)c1ccc(F)c(F)c1. The molecule has 2 aromatic rings. The van der Waals surface area contributed by atoms with E-state index in [1.807, 2.05) is 17.7 Å². The number of aliphatic hydroxyl groups excluding tert-OH is 1. The van der Waals surface area contributed by atoms with Crippen molar-refractivity contribution < 1.29 is 18.7 Å². The van der Waals surface area contributed by atoms with Gasteiger partial charge >= 0.3 is 0 Å². The average Bonchev–Trinajstić information content (AvgIpc) is 2.97. The van der Waals surface area contributed by atoms with Gasteiger partial charge in [-0.15, -0.1) is 23.1 Å². The minimum Gasteiger partial charge on any atom is -0.386 e. The number of thioether (sulfide) groups is 1. The molecule has 118 valence electrons. The molecule has 0 spiro atoms. The lowest BCUT2D eigenvalue weighted by Crippen LogP contribution is -2.37. The largest absolute Gasteiger partial charge is 0.386 e. The molecular formula is C15H15F2NO2S2. The highest BCUT2D eigenvalue weighted by Crippen LogP contribution is 2.26. The summed E-state index contributed by atoms with van der Waals surface area (Å²) in [5, 5.41) is 14.7. The van der Waals surface area contributed by atoms with Crippen LogP contribution in [0.1, 0.15) is 28.3 Å². The number of hydrogen-bond donors (Lipinski definition) is 2. The van der Waals surface area contributed by atoms with E-state index in [9.17, 15) is 18.7 Å². The van der Waals surface area contributed by atoms with Crippen molar-refractivity contribution >= 4 is 29.0 Å². The first kappa shape index (κ1) is 16.9. The van der Waals surface area contributed by atoms with Crippen molar-refractivity contribution in [2.75, 3.05) is 6.26 Å². The van der Waals surface area contributed by atoms with Gasteiger partial charge in [0.15, 0.2) is 11.6 Å². The Kier molecular flexibility index (Phi) is 5.55. The van der Waals surface area contributed by atoms with E-state index in [2.05, 4.69) is 5.32 Å². The Bertz CT molecular complexity index is 675. The summed E-state index contributed by atoms with van der Waals surface area (Å²) in [6.45, 7) is 1.61. The first-order valence-corrected chi connectivity index (χ1v) is 8.59. The second kappa shape index (κ2) is 7.21. The molecule has 0 aliphatic carbocycles. The van der Waals surface area contributed by atoms with E-state index in [1.54, 1.807) is 6.92 Å². The van der Waals surface area contributed by atoms with E-state index in [0.29, 0.717) is 4.88 Å². The number of benzene rings is 1. The molecule has 0 bridgehead atoms. The normalized spacial score (nSPS) is 13.7. The molecule has 0 saturated carbocycles. The van der Waals surface area contributed by atoms with Crippen LogP contribution >= 0.6 is 23.1 Å². The summed E-state index contributed by atoms with van der Waals surface area (Å²) in [6.07, 6.45) is 0.745. The summed E-state index contributed by atoms with van der Waals surface area (Å²) in [6, 6.07) is 4.38. The van der Waals surface area contributed by atoms with Crippen LogP contribution in [-0.4, -0.2) is 23.3 Å². The zero-order chi connectivity index (χ0) is 16.3. The van der Waals surface area contributed by atoms with Crippen LogP contribution in [-0.2, 0) is 0 Å². The van der Waals surface area contributed by atoms with Crippen LogP contribution in [0.25, 0.3) is 0 Å². The van der Waals surface area contributed by atoms with Crippen LogP contribution in [0.5, 0.6) is 0 Å². The Morgan fingerprint density at radius 3 is 2.68 bits per heavy atom. The molecule has 1 amide bonds. The Morgan fingerprint density at radius 1 is 1.32 bits per heavy atom. The van der Waals surface area contributed by atoms with Gasteiger partial charge in [-0.3, -0.25) is 4.79 Å². The lowest BCUT2D eigenvalue weighted by molar-refractivity contribution is 0.0853. The smallest absolute Gasteiger partial charge is 0.262 e. The highest BCUT2D eigenvalue weighted by atomic mass is 32.2. The quantitative estimate of drug-likeness (QED) is 0.816. The first-order valence-electron chi connectivity index (χ1n) is 6.49. The summed E-state index contributed by atoms with van der Waals surface area (Å²) in [7, 11) is 0. The highest BCUT2D eigenvalue weighted by Gasteiger charge is 2.22. The Balaban J connectivity index is 2.09. The van der Waals surface area contributed by atoms with Crippen LogP contribution in [0, 0.1) is 11.6 Å². The van der Waals surface area contributed by atoms with Gasteiger partial charge in [0.2, 0.25) is 0 Å². The number of thiophene rings is 1. The van der Waals surface area contributed by atoms with E-state index in [0.717, 1.165) is 17.0 Å². The van der Waals surface area contributed by atoms with Gasteiger partial charge in [0.05, 0.1) is 12.1 Å². The fourth-order valence-electron chi connectivity index (χ4n) is 1.96. The van der Waals surface area contributed by atoms with Gasteiger partial charge in [-0.1, -0.05) is 6.07 Å². The van der Waals surface area contributed by atoms with Gasteiger partial charge < -0.3 is 10.4 Å². The number of hydrogen-bond acceptors (Lipinski definition) is 4. The molecule has 0 saturated heterocycles. The third kappa shape index (κ3) is 3.66. The topological polar surface area (TPSA) is 49.3 Å². The van der Waals surface area contributed by atoms with Gasteiger partial charge in [0.1, 0.15) is 4.88 Å². The molecule has 0 aliphatic rings. The third-order valence-corrected chi connectivity index (χ3v) is 5.00. The molecule has 7 heteroatoms. The van der Waals surface area contributed by atoms with E-state index in [4.69, 9.17) is 0 Å². The summed E-state index contributed by atoms with van der Waals surface area (Å²) in [5.41, 5.74) is 0.211. The van der Waals surface area contributed by atoms with Crippen LogP contribution in [0.4, 0.5) is 8.78 Å². The maximum atomic E-state index is 13.2. The molecule has 1 aromatic heterocycles. The maximum Gasteiger partial charge on any atom is 0.262 e. The molecule has 0 fully saturated rings. The van der Waals surface area contributed by atoms with Crippen LogP contribution in [0.2, 0.25) is 0 Å². The van der Waals surface area contributed by atoms with Crippen molar-refractivity contribution in [2.45, 2.75) is 24.0 Å². The second-order valence-corrected chi connectivity index (χ2v) is 6.46. The lowest BCUT2D eigenvalue weighted by atomic mass is 10.0. The molecule has 1 heterocycles. The first-order chi connectivity index (χ1) is 10.4. The number of carbonyl (C=O) groups excluding carboxylic acids is 1. The highest BCUT2D eigenvalue weighted by molar-refractivity contribution is 7.98. The number of aliphatic hydroxyl groups is 1. The van der Waals surface area contributed by atoms with Crippen molar-refractivity contribution in [1.29, 1.82) is 0 Å². The summed E-state index contributed by atoms with van der Waals surface area (Å²) in [4.78, 5) is 13.6. The Morgan fingerprint density at radius 2 is 2.05 bits per heavy atom. The number of halogens is 2. The van der Waals surface area contributed by atoms with Crippen LogP contribution < -0.4 is 5.32 Å². The van der Waals surface area contributed by atoms with Gasteiger partial charge in [0, 0.05) is 4.90 Å².